The fourth-order valence-corrected chi connectivity index (χ4v) is 4.99. The SMILES string of the molecule is O=c1[nH]c(-c2ccc(-c3cccc(Cl)c3)o2)nc2sc3c(c12)CCCC3. The van der Waals surface area contributed by atoms with Gasteiger partial charge in [0.25, 0.3) is 5.56 Å². The van der Waals surface area contributed by atoms with Crippen molar-refractivity contribution in [3.05, 3.63) is 62.2 Å². The van der Waals surface area contributed by atoms with E-state index in [0.717, 1.165) is 35.0 Å². The van der Waals surface area contributed by atoms with Crippen LogP contribution < -0.4 is 5.56 Å². The maximum Gasteiger partial charge on any atom is 0.260 e. The molecule has 0 aliphatic heterocycles. The Labute approximate surface area is 158 Å². The number of furan rings is 1. The van der Waals surface area contributed by atoms with Crippen LogP contribution in [0.2, 0.25) is 5.02 Å². The highest BCUT2D eigenvalue weighted by Crippen LogP contribution is 2.35. The van der Waals surface area contributed by atoms with Gasteiger partial charge in [-0.15, -0.1) is 11.3 Å². The standard InChI is InChI=1S/C20H15ClN2O2S/c21-12-5-3-4-11(10-12)14-8-9-15(25-14)18-22-19(24)17-13-6-1-2-7-16(13)26-20(17)23-18/h3-5,8-10H,1-2,6-7H2,(H,22,23,24). The summed E-state index contributed by atoms with van der Waals surface area (Å²) in [6.45, 7) is 0. The molecule has 1 aliphatic rings. The van der Waals surface area contributed by atoms with Crippen LogP contribution in [0, 0.1) is 0 Å². The lowest BCUT2D eigenvalue weighted by molar-refractivity contribution is 0.592. The average molecular weight is 383 g/mol. The normalized spacial score (nSPS) is 13.9. The van der Waals surface area contributed by atoms with Crippen molar-refractivity contribution in [1.29, 1.82) is 0 Å². The number of hydrogen-bond acceptors (Lipinski definition) is 4. The monoisotopic (exact) mass is 382 g/mol. The number of aromatic amines is 1. The molecule has 0 radical (unpaired) electrons. The number of aryl methyl sites for hydroxylation is 2. The van der Waals surface area contributed by atoms with Gasteiger partial charge >= 0.3 is 0 Å². The molecule has 4 aromatic rings. The Hall–Kier alpha value is -2.37. The molecule has 0 unspecified atom stereocenters. The molecular weight excluding hydrogens is 368 g/mol. The largest absolute Gasteiger partial charge is 0.453 e. The molecule has 0 atom stereocenters. The lowest BCUT2D eigenvalue weighted by Crippen LogP contribution is -2.11. The molecule has 3 heterocycles. The summed E-state index contributed by atoms with van der Waals surface area (Å²) >= 11 is 7.69. The van der Waals surface area contributed by atoms with E-state index < -0.39 is 0 Å². The fourth-order valence-electron chi connectivity index (χ4n) is 3.54. The number of nitrogens with zero attached hydrogens (tertiary/aromatic N) is 1. The second-order valence-corrected chi connectivity index (χ2v) is 8.00. The smallest absolute Gasteiger partial charge is 0.260 e. The van der Waals surface area contributed by atoms with Crippen LogP contribution >= 0.6 is 22.9 Å². The first-order valence-electron chi connectivity index (χ1n) is 8.60. The molecular formula is C20H15ClN2O2S. The van der Waals surface area contributed by atoms with Gasteiger partial charge in [-0.25, -0.2) is 4.98 Å². The fraction of sp³-hybridized carbons (Fsp3) is 0.200. The third-order valence-electron chi connectivity index (χ3n) is 4.77. The van der Waals surface area contributed by atoms with Crippen molar-refractivity contribution in [3.8, 4) is 22.9 Å². The first-order chi connectivity index (χ1) is 12.7. The van der Waals surface area contributed by atoms with Crippen LogP contribution in [0.5, 0.6) is 0 Å². The predicted octanol–water partition coefficient (Wildman–Crippen LogP) is 5.44. The van der Waals surface area contributed by atoms with Crippen LogP contribution in [-0.4, -0.2) is 9.97 Å². The van der Waals surface area contributed by atoms with E-state index in [1.165, 1.54) is 16.9 Å². The maximum atomic E-state index is 12.7. The summed E-state index contributed by atoms with van der Waals surface area (Å²) in [5, 5.41) is 1.41. The van der Waals surface area contributed by atoms with Crippen LogP contribution in [0.25, 0.3) is 33.1 Å². The average Bonchev–Trinajstić information content (AvgIpc) is 3.26. The third kappa shape index (κ3) is 2.59. The van der Waals surface area contributed by atoms with Gasteiger partial charge in [0.15, 0.2) is 11.6 Å². The van der Waals surface area contributed by atoms with Crippen molar-refractivity contribution >= 4 is 33.2 Å². The molecule has 3 aromatic heterocycles. The zero-order valence-electron chi connectivity index (χ0n) is 13.8. The van der Waals surface area contributed by atoms with E-state index in [2.05, 4.69) is 9.97 Å². The highest BCUT2D eigenvalue weighted by atomic mass is 35.5. The topological polar surface area (TPSA) is 58.9 Å². The minimum atomic E-state index is -0.0786. The van der Waals surface area contributed by atoms with Crippen LogP contribution in [-0.2, 0) is 12.8 Å². The summed E-state index contributed by atoms with van der Waals surface area (Å²) in [5.74, 6) is 1.70. The summed E-state index contributed by atoms with van der Waals surface area (Å²) in [4.78, 5) is 22.4. The van der Waals surface area contributed by atoms with Crippen molar-refractivity contribution in [2.24, 2.45) is 0 Å². The number of fused-ring (bicyclic) bond motifs is 3. The van der Waals surface area contributed by atoms with Crippen LogP contribution in [0.3, 0.4) is 0 Å². The number of H-pyrrole nitrogens is 1. The minimum Gasteiger partial charge on any atom is -0.453 e. The Morgan fingerprint density at radius 3 is 2.85 bits per heavy atom. The van der Waals surface area contributed by atoms with Crippen molar-refractivity contribution < 1.29 is 4.42 Å². The molecule has 26 heavy (non-hydrogen) atoms. The Balaban J connectivity index is 1.61. The number of aromatic nitrogens is 2. The molecule has 5 rings (SSSR count). The molecule has 0 saturated heterocycles. The highest BCUT2D eigenvalue weighted by Gasteiger charge is 2.20. The van der Waals surface area contributed by atoms with Gasteiger partial charge in [0.05, 0.1) is 5.39 Å². The lowest BCUT2D eigenvalue weighted by atomic mass is 9.97. The van der Waals surface area contributed by atoms with E-state index in [9.17, 15) is 4.79 Å². The quantitative estimate of drug-likeness (QED) is 0.502. The van der Waals surface area contributed by atoms with Gasteiger partial charge in [-0.2, -0.15) is 0 Å². The number of hydrogen-bond donors (Lipinski definition) is 1. The first-order valence-corrected chi connectivity index (χ1v) is 9.79. The number of halogens is 1. The van der Waals surface area contributed by atoms with Crippen molar-refractivity contribution in [1.82, 2.24) is 9.97 Å². The van der Waals surface area contributed by atoms with E-state index in [-0.39, 0.29) is 5.56 Å². The molecule has 0 saturated carbocycles. The minimum absolute atomic E-state index is 0.0786. The van der Waals surface area contributed by atoms with Gasteiger partial charge in [-0.1, -0.05) is 23.7 Å². The summed E-state index contributed by atoms with van der Waals surface area (Å²) < 4.78 is 5.93. The molecule has 0 bridgehead atoms. The molecule has 4 nitrogen and oxygen atoms in total. The van der Waals surface area contributed by atoms with Gasteiger partial charge < -0.3 is 9.40 Å². The van der Waals surface area contributed by atoms with E-state index in [4.69, 9.17) is 16.0 Å². The summed E-state index contributed by atoms with van der Waals surface area (Å²) in [7, 11) is 0. The number of rotatable bonds is 2. The second kappa shape index (κ2) is 6.11. The number of thiophene rings is 1. The Morgan fingerprint density at radius 1 is 1.12 bits per heavy atom. The molecule has 1 aliphatic carbocycles. The number of benzene rings is 1. The molecule has 0 amide bonds. The number of nitrogens with one attached hydrogen (secondary N) is 1. The van der Waals surface area contributed by atoms with Gasteiger partial charge in [-0.3, -0.25) is 4.79 Å². The molecule has 0 spiro atoms. The molecule has 6 heteroatoms. The Kier molecular flexibility index (Phi) is 3.72. The van der Waals surface area contributed by atoms with Crippen molar-refractivity contribution in [2.75, 3.05) is 0 Å². The van der Waals surface area contributed by atoms with Gasteiger partial charge in [0.1, 0.15) is 10.6 Å². The maximum absolute atomic E-state index is 12.7. The Bertz CT molecular complexity index is 1190. The van der Waals surface area contributed by atoms with E-state index in [1.807, 2.05) is 36.4 Å². The summed E-state index contributed by atoms with van der Waals surface area (Å²) in [6, 6.07) is 11.2. The van der Waals surface area contributed by atoms with Crippen LogP contribution in [0.4, 0.5) is 0 Å². The Morgan fingerprint density at radius 2 is 1.96 bits per heavy atom. The second-order valence-electron chi connectivity index (χ2n) is 6.48. The highest BCUT2D eigenvalue weighted by molar-refractivity contribution is 7.18. The van der Waals surface area contributed by atoms with Gasteiger partial charge in [0.2, 0.25) is 0 Å². The van der Waals surface area contributed by atoms with E-state index >= 15 is 0 Å². The zero-order valence-corrected chi connectivity index (χ0v) is 15.4. The van der Waals surface area contributed by atoms with Crippen molar-refractivity contribution in [3.63, 3.8) is 0 Å². The summed E-state index contributed by atoms with van der Waals surface area (Å²) in [6.07, 6.45) is 4.34. The summed E-state index contributed by atoms with van der Waals surface area (Å²) in [5.41, 5.74) is 2.00. The zero-order chi connectivity index (χ0) is 17.7. The van der Waals surface area contributed by atoms with Crippen molar-refractivity contribution in [2.45, 2.75) is 25.7 Å². The predicted molar refractivity (Wildman–Crippen MR) is 105 cm³/mol. The third-order valence-corrected chi connectivity index (χ3v) is 6.19. The van der Waals surface area contributed by atoms with Crippen LogP contribution in [0.15, 0.2) is 45.6 Å². The van der Waals surface area contributed by atoms with Gasteiger partial charge in [0, 0.05) is 15.5 Å². The van der Waals surface area contributed by atoms with Crippen LogP contribution in [0.1, 0.15) is 23.3 Å². The van der Waals surface area contributed by atoms with Gasteiger partial charge in [-0.05, 0) is 55.5 Å². The molecule has 130 valence electrons. The molecule has 0 fully saturated rings. The first kappa shape index (κ1) is 15.9. The van der Waals surface area contributed by atoms with E-state index in [1.54, 1.807) is 11.3 Å². The molecule has 1 N–H and O–H groups in total. The lowest BCUT2D eigenvalue weighted by Gasteiger charge is -2.09. The van der Waals surface area contributed by atoms with E-state index in [0.29, 0.717) is 22.4 Å². The molecule has 1 aromatic carbocycles.